The zero-order valence-electron chi connectivity index (χ0n) is 12.8. The third-order valence-corrected chi connectivity index (χ3v) is 3.42. The van der Waals surface area contributed by atoms with Crippen LogP contribution >= 0.6 is 0 Å². The van der Waals surface area contributed by atoms with Crippen LogP contribution in [-0.2, 0) is 22.5 Å². The summed E-state index contributed by atoms with van der Waals surface area (Å²) in [6.07, 6.45) is 2.66. The molecule has 1 amide bonds. The monoisotopic (exact) mass is 287 g/mol. The van der Waals surface area contributed by atoms with Gasteiger partial charge in [0.15, 0.2) is 0 Å². The van der Waals surface area contributed by atoms with Gasteiger partial charge in [-0.2, -0.15) is 0 Å². The van der Waals surface area contributed by atoms with Gasteiger partial charge in [0.2, 0.25) is 0 Å². The quantitative estimate of drug-likeness (QED) is 0.785. The topological polar surface area (TPSA) is 46.6 Å². The van der Waals surface area contributed by atoms with E-state index in [1.54, 1.807) is 6.08 Å². The first kappa shape index (κ1) is 15.3. The first-order valence-corrected chi connectivity index (χ1v) is 7.03. The van der Waals surface area contributed by atoms with Crippen LogP contribution in [0.1, 0.15) is 37.5 Å². The number of carbonyl (C=O) groups is 2. The fraction of sp³-hybridized carbons (Fsp3) is 0.412. The molecule has 0 N–H and O–H groups in total. The number of aldehydes is 1. The first-order chi connectivity index (χ1) is 9.84. The summed E-state index contributed by atoms with van der Waals surface area (Å²) in [6, 6.07) is 5.49. The number of carbonyl (C=O) groups excluding carboxylic acids is 2. The van der Waals surface area contributed by atoms with Crippen molar-refractivity contribution in [3.05, 3.63) is 41.5 Å². The van der Waals surface area contributed by atoms with Crippen molar-refractivity contribution in [2.24, 2.45) is 0 Å². The lowest BCUT2D eigenvalue weighted by molar-refractivity contribution is -0.113. The summed E-state index contributed by atoms with van der Waals surface area (Å²) in [7, 11) is 0. The minimum absolute atomic E-state index is 0.384. The van der Waals surface area contributed by atoms with E-state index in [4.69, 9.17) is 4.74 Å². The van der Waals surface area contributed by atoms with Crippen LogP contribution < -0.4 is 0 Å². The molecule has 0 bridgehead atoms. The molecule has 1 aliphatic rings. The van der Waals surface area contributed by atoms with Gasteiger partial charge in [0, 0.05) is 6.42 Å². The van der Waals surface area contributed by atoms with Crippen molar-refractivity contribution in [3.8, 4) is 0 Å². The number of ether oxygens (including phenoxy) is 1. The van der Waals surface area contributed by atoms with Gasteiger partial charge in [-0.05, 0) is 43.5 Å². The van der Waals surface area contributed by atoms with Crippen molar-refractivity contribution in [1.82, 2.24) is 4.90 Å². The average Bonchev–Trinajstić information content (AvgIpc) is 2.43. The van der Waals surface area contributed by atoms with E-state index in [9.17, 15) is 9.59 Å². The van der Waals surface area contributed by atoms with Crippen LogP contribution in [0.15, 0.2) is 24.8 Å². The summed E-state index contributed by atoms with van der Waals surface area (Å²) in [5.74, 6) is 0. The van der Waals surface area contributed by atoms with E-state index < -0.39 is 17.7 Å². The molecule has 1 atom stereocenters. The molecule has 1 aliphatic heterocycles. The third-order valence-electron chi connectivity index (χ3n) is 3.42. The number of amides is 1. The molecule has 0 aromatic heterocycles. The summed E-state index contributed by atoms with van der Waals surface area (Å²) in [6.45, 7) is 9.58. The van der Waals surface area contributed by atoms with Crippen LogP contribution in [0.5, 0.6) is 0 Å². The summed E-state index contributed by atoms with van der Waals surface area (Å²) in [5, 5.41) is 0. The number of nitrogens with zero attached hydrogens (tertiary/aromatic N) is 1. The highest BCUT2D eigenvalue weighted by Crippen LogP contribution is 2.25. The molecule has 112 valence electrons. The Bertz CT molecular complexity index is 572. The molecule has 21 heavy (non-hydrogen) atoms. The maximum Gasteiger partial charge on any atom is 0.411 e. The minimum atomic E-state index is -0.576. The van der Waals surface area contributed by atoms with Crippen molar-refractivity contribution >= 4 is 18.5 Å². The van der Waals surface area contributed by atoms with Crippen molar-refractivity contribution < 1.29 is 14.3 Å². The second-order valence-corrected chi connectivity index (χ2v) is 6.25. The second kappa shape index (κ2) is 5.72. The number of benzene rings is 1. The van der Waals surface area contributed by atoms with Gasteiger partial charge in [-0.15, -0.1) is 0 Å². The molecule has 0 saturated heterocycles. The molecular formula is C17H21NO3. The number of hydrogen-bond donors (Lipinski definition) is 0. The highest BCUT2D eigenvalue weighted by atomic mass is 16.6. The lowest BCUT2D eigenvalue weighted by atomic mass is 9.93. The Morgan fingerprint density at radius 2 is 2.10 bits per heavy atom. The maximum atomic E-state index is 12.3. The molecule has 4 nitrogen and oxygen atoms in total. The Labute approximate surface area is 125 Å². The summed E-state index contributed by atoms with van der Waals surface area (Å²) < 4.78 is 5.39. The maximum absolute atomic E-state index is 12.3. The fourth-order valence-electron chi connectivity index (χ4n) is 2.40. The van der Waals surface area contributed by atoms with Crippen LogP contribution in [0, 0.1) is 0 Å². The Morgan fingerprint density at radius 1 is 1.38 bits per heavy atom. The van der Waals surface area contributed by atoms with Crippen LogP contribution in [-0.4, -0.2) is 28.9 Å². The van der Waals surface area contributed by atoms with Crippen molar-refractivity contribution in [1.29, 1.82) is 0 Å². The standard InChI is InChI=1S/C17H21NO3/c1-5-12-6-7-13-9-15(11-19)18(10-14(13)8-12)16(20)21-17(2,3)4/h5-8,11,15H,1,9-10H2,2-4H3/t15-/m0/s1. The van der Waals surface area contributed by atoms with E-state index in [1.807, 2.05) is 39.0 Å². The smallest absolute Gasteiger partial charge is 0.411 e. The lowest BCUT2D eigenvalue weighted by Crippen LogP contribution is -2.47. The van der Waals surface area contributed by atoms with Gasteiger partial charge in [0.25, 0.3) is 0 Å². The zero-order valence-corrected chi connectivity index (χ0v) is 12.8. The molecule has 0 unspecified atom stereocenters. The van der Waals surface area contributed by atoms with Gasteiger partial charge in [-0.25, -0.2) is 4.79 Å². The van der Waals surface area contributed by atoms with E-state index in [1.165, 1.54) is 4.90 Å². The molecule has 1 aromatic rings. The Kier molecular flexibility index (Phi) is 4.16. The molecular weight excluding hydrogens is 266 g/mol. The molecule has 2 rings (SSSR count). The van der Waals surface area contributed by atoms with E-state index in [-0.39, 0.29) is 0 Å². The largest absolute Gasteiger partial charge is 0.444 e. The fourth-order valence-corrected chi connectivity index (χ4v) is 2.40. The zero-order chi connectivity index (χ0) is 15.6. The van der Waals surface area contributed by atoms with Crippen molar-refractivity contribution in [2.45, 2.75) is 45.4 Å². The van der Waals surface area contributed by atoms with Gasteiger partial charge in [0.05, 0.1) is 12.6 Å². The molecule has 0 spiro atoms. The summed E-state index contributed by atoms with van der Waals surface area (Å²) in [5.41, 5.74) is 2.56. The van der Waals surface area contributed by atoms with Crippen molar-refractivity contribution in [3.63, 3.8) is 0 Å². The van der Waals surface area contributed by atoms with Gasteiger partial charge in [-0.3, -0.25) is 4.90 Å². The molecule has 0 aliphatic carbocycles. The van der Waals surface area contributed by atoms with E-state index in [2.05, 4.69) is 6.58 Å². The summed E-state index contributed by atoms with van der Waals surface area (Å²) in [4.78, 5) is 25.1. The normalized spacial score (nSPS) is 17.9. The molecule has 1 aromatic carbocycles. The highest BCUT2D eigenvalue weighted by Gasteiger charge is 2.32. The molecule has 0 fully saturated rings. The number of rotatable bonds is 2. The van der Waals surface area contributed by atoms with Gasteiger partial charge in [-0.1, -0.05) is 24.8 Å². The molecule has 4 heteroatoms. The molecule has 1 heterocycles. The Hall–Kier alpha value is -2.10. The van der Waals surface area contributed by atoms with E-state index in [0.29, 0.717) is 13.0 Å². The van der Waals surface area contributed by atoms with Gasteiger partial charge < -0.3 is 9.53 Å². The SMILES string of the molecule is C=Cc1ccc2c(c1)CN(C(=O)OC(C)(C)C)[C@H](C=O)C2. The number of hydrogen-bond acceptors (Lipinski definition) is 3. The van der Waals surface area contributed by atoms with Crippen LogP contribution in [0.4, 0.5) is 4.79 Å². The third kappa shape index (κ3) is 3.51. The average molecular weight is 287 g/mol. The van der Waals surface area contributed by atoms with Gasteiger partial charge in [0.1, 0.15) is 11.9 Å². The molecule has 0 saturated carbocycles. The first-order valence-electron chi connectivity index (χ1n) is 7.03. The minimum Gasteiger partial charge on any atom is -0.444 e. The molecule has 0 radical (unpaired) electrons. The predicted octanol–water partition coefficient (Wildman–Crippen LogP) is 3.19. The highest BCUT2D eigenvalue weighted by molar-refractivity contribution is 5.75. The predicted molar refractivity (Wildman–Crippen MR) is 81.9 cm³/mol. The second-order valence-electron chi connectivity index (χ2n) is 6.25. The Balaban J connectivity index is 2.28. The van der Waals surface area contributed by atoms with E-state index >= 15 is 0 Å². The number of fused-ring (bicyclic) bond motifs is 1. The van der Waals surface area contributed by atoms with Crippen molar-refractivity contribution in [2.75, 3.05) is 0 Å². The van der Waals surface area contributed by atoms with Gasteiger partial charge >= 0.3 is 6.09 Å². The summed E-state index contributed by atoms with van der Waals surface area (Å²) >= 11 is 0. The van der Waals surface area contributed by atoms with Crippen LogP contribution in [0.2, 0.25) is 0 Å². The van der Waals surface area contributed by atoms with E-state index in [0.717, 1.165) is 23.0 Å². The lowest BCUT2D eigenvalue weighted by Gasteiger charge is -2.35. The van der Waals surface area contributed by atoms with Crippen LogP contribution in [0.25, 0.3) is 6.08 Å². The Morgan fingerprint density at radius 3 is 2.67 bits per heavy atom. The van der Waals surface area contributed by atoms with Crippen LogP contribution in [0.3, 0.4) is 0 Å².